The van der Waals surface area contributed by atoms with Crippen molar-refractivity contribution in [1.29, 1.82) is 0 Å². The quantitative estimate of drug-likeness (QED) is 0.292. The lowest BCUT2D eigenvalue weighted by Gasteiger charge is -2.17. The topological polar surface area (TPSA) is 89.2 Å². The molecule has 0 aliphatic carbocycles. The summed E-state index contributed by atoms with van der Waals surface area (Å²) >= 11 is 12.8. The number of hydrogen-bond acceptors (Lipinski definition) is 4. The molecule has 0 spiro atoms. The van der Waals surface area contributed by atoms with Crippen molar-refractivity contribution < 1.29 is 22.8 Å². The summed E-state index contributed by atoms with van der Waals surface area (Å²) in [5.41, 5.74) is -1.68. The fourth-order valence-corrected chi connectivity index (χ4v) is 6.65. The Balaban J connectivity index is 2.12. The van der Waals surface area contributed by atoms with E-state index in [4.69, 9.17) is 11.6 Å². The van der Waals surface area contributed by atoms with Gasteiger partial charge in [0.15, 0.2) is 11.5 Å². The van der Waals surface area contributed by atoms with Gasteiger partial charge in [-0.3, -0.25) is 9.59 Å². The molecule has 2 aromatic heterocycles. The molecule has 3 rings (SSSR count). The van der Waals surface area contributed by atoms with Gasteiger partial charge in [-0.2, -0.15) is 22.6 Å². The molecule has 0 unspecified atom stereocenters. The number of amides is 2. The zero-order chi connectivity index (χ0) is 27.7. The summed E-state index contributed by atoms with van der Waals surface area (Å²) in [6.45, 7) is 7.84. The number of carbonyl (C=O) groups is 2. The normalized spacial score (nSPS) is 11.9. The fourth-order valence-electron chi connectivity index (χ4n) is 3.32. The Kier molecular flexibility index (Phi) is 9.36. The van der Waals surface area contributed by atoms with Crippen molar-refractivity contribution in [2.45, 2.75) is 44.4 Å². The fraction of sp³-hybridized carbons (Fsp3) is 0.304. The van der Waals surface area contributed by atoms with Crippen LogP contribution in [-0.2, 0) is 16.9 Å². The minimum Gasteiger partial charge on any atom is -0.319 e. The maximum absolute atomic E-state index is 13.5. The van der Waals surface area contributed by atoms with Gasteiger partial charge in [0.25, 0.3) is 11.8 Å². The Labute approximate surface area is 235 Å². The van der Waals surface area contributed by atoms with E-state index >= 15 is 0 Å². The van der Waals surface area contributed by atoms with Crippen LogP contribution in [0.15, 0.2) is 49.8 Å². The summed E-state index contributed by atoms with van der Waals surface area (Å²) in [7, 11) is -0.596. The van der Waals surface area contributed by atoms with Crippen LogP contribution in [0.5, 0.6) is 0 Å². The number of anilines is 1. The molecule has 2 heterocycles. The van der Waals surface area contributed by atoms with Crippen LogP contribution in [0, 0.1) is 0 Å². The van der Waals surface area contributed by atoms with Gasteiger partial charge < -0.3 is 5.32 Å². The molecule has 0 aliphatic rings. The second-order valence-corrected chi connectivity index (χ2v) is 13.2. The molecule has 7 nitrogen and oxygen atoms in total. The zero-order valence-electron chi connectivity index (χ0n) is 19.9. The number of carbonyl (C=O) groups excluding carboxylic acids is 2. The van der Waals surface area contributed by atoms with Crippen LogP contribution in [0.3, 0.4) is 0 Å². The Morgan fingerprint density at radius 2 is 1.78 bits per heavy atom. The largest absolute Gasteiger partial charge is 0.435 e. The number of alkyl halides is 3. The second kappa shape index (κ2) is 11.7. The van der Waals surface area contributed by atoms with Gasteiger partial charge in [-0.05, 0) is 40.2 Å². The van der Waals surface area contributed by atoms with Gasteiger partial charge in [0.05, 0.1) is 16.3 Å². The smallest absolute Gasteiger partial charge is 0.319 e. The Bertz CT molecular complexity index is 1380. The van der Waals surface area contributed by atoms with Crippen molar-refractivity contribution >= 4 is 71.7 Å². The van der Waals surface area contributed by atoms with Crippen LogP contribution in [0.25, 0.3) is 5.82 Å². The second-order valence-electron chi connectivity index (χ2n) is 8.24. The first-order chi connectivity index (χ1) is 17.2. The number of pyridine rings is 1. The van der Waals surface area contributed by atoms with E-state index in [2.05, 4.69) is 51.6 Å². The molecule has 1 N–H and O–H groups in total. The van der Waals surface area contributed by atoms with E-state index in [1.807, 2.05) is 27.7 Å². The summed E-state index contributed by atoms with van der Waals surface area (Å²) in [6, 6.07) is 6.56. The highest BCUT2D eigenvalue weighted by Crippen LogP contribution is 2.34. The predicted molar refractivity (Wildman–Crippen MR) is 146 cm³/mol. The molecule has 14 heteroatoms. The lowest BCUT2D eigenvalue weighted by atomic mass is 10.1. The third-order valence-corrected chi connectivity index (χ3v) is 8.54. The lowest BCUT2D eigenvalue weighted by Crippen LogP contribution is -2.20. The molecular formula is C23H21Br2ClF3N5O2S. The maximum Gasteiger partial charge on any atom is 0.435 e. The molecule has 37 heavy (non-hydrogen) atoms. The maximum atomic E-state index is 13.5. The van der Waals surface area contributed by atoms with Crippen LogP contribution < -0.4 is 5.32 Å². The molecular weight excluding hydrogens is 663 g/mol. The van der Waals surface area contributed by atoms with Crippen LogP contribution in [-0.4, -0.2) is 37.1 Å². The number of rotatable bonds is 6. The average molecular weight is 684 g/mol. The lowest BCUT2D eigenvalue weighted by molar-refractivity contribution is -0.141. The molecule has 0 saturated carbocycles. The van der Waals surface area contributed by atoms with Crippen LogP contribution in [0.4, 0.5) is 18.9 Å². The Morgan fingerprint density at radius 3 is 2.35 bits per heavy atom. The summed E-state index contributed by atoms with van der Waals surface area (Å²) in [6.07, 6.45) is -3.52. The van der Waals surface area contributed by atoms with E-state index in [0.717, 1.165) is 0 Å². The van der Waals surface area contributed by atoms with Gasteiger partial charge in [0.2, 0.25) is 0 Å². The minimum atomic E-state index is -4.83. The molecule has 0 saturated heterocycles. The van der Waals surface area contributed by atoms with E-state index < -0.39 is 40.1 Å². The van der Waals surface area contributed by atoms with E-state index in [1.54, 1.807) is 6.07 Å². The number of benzene rings is 1. The molecule has 2 amide bonds. The number of aromatic nitrogens is 3. The zero-order valence-corrected chi connectivity index (χ0v) is 24.6. The van der Waals surface area contributed by atoms with Crippen molar-refractivity contribution in [3.63, 3.8) is 0 Å². The van der Waals surface area contributed by atoms with E-state index in [-0.39, 0.29) is 32.6 Å². The number of halogens is 6. The molecule has 0 fully saturated rings. The van der Waals surface area contributed by atoms with Crippen LogP contribution in [0.2, 0.25) is 5.02 Å². The molecule has 198 valence electrons. The number of nitrogens with zero attached hydrogens (tertiary/aromatic N) is 4. The molecule has 0 bridgehead atoms. The van der Waals surface area contributed by atoms with Crippen molar-refractivity contribution in [1.82, 2.24) is 14.8 Å². The van der Waals surface area contributed by atoms with Gasteiger partial charge in [-0.15, -0.1) is 0 Å². The monoisotopic (exact) mass is 681 g/mol. The molecule has 3 aromatic rings. The summed E-state index contributed by atoms with van der Waals surface area (Å²) in [4.78, 5) is 30.5. The van der Waals surface area contributed by atoms with Gasteiger partial charge in [0, 0.05) is 31.7 Å². The van der Waals surface area contributed by atoms with Crippen molar-refractivity contribution in [3.8, 4) is 5.82 Å². The van der Waals surface area contributed by atoms with Gasteiger partial charge in [-0.25, -0.2) is 9.67 Å². The average Bonchev–Trinajstić information content (AvgIpc) is 3.24. The highest BCUT2D eigenvalue weighted by Gasteiger charge is 2.37. The van der Waals surface area contributed by atoms with Crippen molar-refractivity contribution in [2.24, 2.45) is 4.36 Å². The number of nitrogens with one attached hydrogen (secondary N) is 1. The predicted octanol–water partition coefficient (Wildman–Crippen LogP) is 7.48. The summed E-state index contributed by atoms with van der Waals surface area (Å²) in [5, 5.41) is 6.28. The van der Waals surface area contributed by atoms with Crippen molar-refractivity contribution in [3.05, 3.63) is 67.4 Å². The first kappa shape index (κ1) is 29.5. The van der Waals surface area contributed by atoms with Crippen LogP contribution in [0.1, 0.15) is 54.2 Å². The number of hydrogen-bond donors (Lipinski definition) is 1. The molecule has 1 aromatic carbocycles. The summed E-state index contributed by atoms with van der Waals surface area (Å²) in [5.74, 6) is -1.70. The van der Waals surface area contributed by atoms with E-state index in [0.29, 0.717) is 19.7 Å². The molecule has 0 atom stereocenters. The Morgan fingerprint density at radius 1 is 1.14 bits per heavy atom. The summed E-state index contributed by atoms with van der Waals surface area (Å²) < 4.78 is 46.4. The SMILES string of the molecule is CC(C)S(=NC(=O)c1cc(Br)cc(Br)c1NC(=O)c1cc(C(F)(F)F)nn1-c1ncccc1Cl)C(C)C. The van der Waals surface area contributed by atoms with Gasteiger partial charge in [-0.1, -0.05) is 65.9 Å². The highest BCUT2D eigenvalue weighted by atomic mass is 79.9. The van der Waals surface area contributed by atoms with Gasteiger partial charge in [0.1, 0.15) is 5.69 Å². The van der Waals surface area contributed by atoms with E-state index in [9.17, 15) is 22.8 Å². The first-order valence-corrected chi connectivity index (χ1v) is 14.0. The molecule has 0 radical (unpaired) electrons. The minimum absolute atomic E-state index is 0.0118. The van der Waals surface area contributed by atoms with E-state index in [1.165, 1.54) is 24.4 Å². The van der Waals surface area contributed by atoms with Crippen molar-refractivity contribution in [2.75, 3.05) is 5.32 Å². The first-order valence-electron chi connectivity index (χ1n) is 10.8. The van der Waals surface area contributed by atoms with Gasteiger partial charge >= 0.3 is 6.18 Å². The third-order valence-electron chi connectivity index (χ3n) is 4.85. The Hall–Kier alpha value is -2.09. The molecule has 0 aliphatic heterocycles. The third kappa shape index (κ3) is 6.87. The van der Waals surface area contributed by atoms with Crippen LogP contribution >= 0.6 is 43.5 Å². The highest BCUT2D eigenvalue weighted by molar-refractivity contribution is 9.11. The standard InChI is InChI=1S/C23H21Br2ClF3N5O2S/c1-11(2)37(12(3)4)33-21(35)14-8-13(24)9-15(25)19(14)31-22(36)17-10-18(23(27,28)29)32-34(17)20-16(26)6-5-7-30-20/h5-12H,1-4H3,(H,31,36).